The number of morpholine rings is 1. The molecule has 0 radical (unpaired) electrons. The maximum atomic E-state index is 12.7. The summed E-state index contributed by atoms with van der Waals surface area (Å²) in [7, 11) is 1.86. The van der Waals surface area contributed by atoms with Crippen molar-refractivity contribution in [2.75, 3.05) is 31.6 Å². The maximum Gasteiger partial charge on any atom is 0.254 e. The van der Waals surface area contributed by atoms with Crippen molar-refractivity contribution >= 4 is 28.6 Å². The molecule has 9 heteroatoms. The molecular weight excluding hydrogens is 382 g/mol. The zero-order valence-electron chi connectivity index (χ0n) is 16.5. The van der Waals surface area contributed by atoms with Gasteiger partial charge in [-0.3, -0.25) is 9.48 Å². The van der Waals surface area contributed by atoms with Crippen LogP contribution in [0.5, 0.6) is 0 Å². The normalized spacial score (nSPS) is 14.2. The fourth-order valence-electron chi connectivity index (χ4n) is 3.52. The standard InChI is InChI=1S/C21H21N7O2/c1-26-14-17(13-23-26)24-21-22-12-16-6-7-28(19(16)25-21)18-4-2-15(3-5-18)20(29)27-8-10-30-11-9-27/h2-7,12-14H,8-11H2,1H3,(H,22,24,25). The molecule has 152 valence electrons. The van der Waals surface area contributed by atoms with Crippen LogP contribution < -0.4 is 5.32 Å². The van der Waals surface area contributed by atoms with Crippen molar-refractivity contribution in [3.05, 3.63) is 60.7 Å². The fourth-order valence-corrected chi connectivity index (χ4v) is 3.52. The van der Waals surface area contributed by atoms with Crippen LogP contribution in [0.2, 0.25) is 0 Å². The number of benzene rings is 1. The average Bonchev–Trinajstić information content (AvgIpc) is 3.39. The van der Waals surface area contributed by atoms with Crippen molar-refractivity contribution < 1.29 is 9.53 Å². The molecule has 0 spiro atoms. The van der Waals surface area contributed by atoms with E-state index in [9.17, 15) is 4.79 Å². The van der Waals surface area contributed by atoms with Crippen LogP contribution in [-0.2, 0) is 11.8 Å². The van der Waals surface area contributed by atoms with Crippen molar-refractivity contribution in [1.29, 1.82) is 0 Å². The third-order valence-electron chi connectivity index (χ3n) is 5.08. The number of ether oxygens (including phenoxy) is 1. The molecule has 1 aliphatic heterocycles. The highest BCUT2D eigenvalue weighted by molar-refractivity contribution is 5.94. The Kier molecular flexibility index (Phi) is 4.64. The predicted molar refractivity (Wildman–Crippen MR) is 112 cm³/mol. The van der Waals surface area contributed by atoms with Crippen LogP contribution in [-0.4, -0.2) is 61.4 Å². The van der Waals surface area contributed by atoms with E-state index < -0.39 is 0 Å². The van der Waals surface area contributed by atoms with E-state index in [2.05, 4.69) is 20.4 Å². The number of rotatable bonds is 4. The zero-order chi connectivity index (χ0) is 20.5. The Morgan fingerprint density at radius 2 is 1.90 bits per heavy atom. The maximum absolute atomic E-state index is 12.7. The molecule has 4 aromatic rings. The molecular formula is C21H21N7O2. The first kappa shape index (κ1) is 18.3. The SMILES string of the molecule is Cn1cc(Nc2ncc3ccn(-c4ccc(C(=O)N5CCOCC5)cc4)c3n2)cn1. The number of nitrogens with zero attached hydrogens (tertiary/aromatic N) is 6. The van der Waals surface area contributed by atoms with Crippen LogP contribution >= 0.6 is 0 Å². The van der Waals surface area contributed by atoms with Gasteiger partial charge in [0.15, 0.2) is 0 Å². The molecule has 0 bridgehead atoms. The first-order valence-corrected chi connectivity index (χ1v) is 9.74. The summed E-state index contributed by atoms with van der Waals surface area (Å²) < 4.78 is 9.02. The van der Waals surface area contributed by atoms with E-state index in [1.54, 1.807) is 17.1 Å². The van der Waals surface area contributed by atoms with Crippen LogP contribution in [0.1, 0.15) is 10.4 Å². The third kappa shape index (κ3) is 3.50. The largest absolute Gasteiger partial charge is 0.378 e. The average molecular weight is 403 g/mol. The number of carbonyl (C=O) groups excluding carboxylic acids is 1. The number of nitrogens with one attached hydrogen (secondary N) is 1. The highest BCUT2D eigenvalue weighted by Gasteiger charge is 2.18. The van der Waals surface area contributed by atoms with Gasteiger partial charge in [0.25, 0.3) is 5.91 Å². The molecule has 1 aliphatic rings. The minimum atomic E-state index is 0.0347. The van der Waals surface area contributed by atoms with Gasteiger partial charge in [-0.2, -0.15) is 10.1 Å². The summed E-state index contributed by atoms with van der Waals surface area (Å²) in [6, 6.07) is 9.55. The molecule has 0 saturated carbocycles. The van der Waals surface area contributed by atoms with Crippen molar-refractivity contribution in [2.45, 2.75) is 0 Å². The van der Waals surface area contributed by atoms with Gasteiger partial charge in [-0.05, 0) is 30.3 Å². The lowest BCUT2D eigenvalue weighted by molar-refractivity contribution is 0.0303. The van der Waals surface area contributed by atoms with E-state index in [0.717, 1.165) is 22.4 Å². The van der Waals surface area contributed by atoms with Gasteiger partial charge < -0.3 is 19.5 Å². The van der Waals surface area contributed by atoms with Gasteiger partial charge in [-0.15, -0.1) is 0 Å². The highest BCUT2D eigenvalue weighted by atomic mass is 16.5. The molecule has 1 amide bonds. The molecule has 1 fully saturated rings. The number of hydrogen-bond acceptors (Lipinski definition) is 6. The molecule has 30 heavy (non-hydrogen) atoms. The Morgan fingerprint density at radius 1 is 1.10 bits per heavy atom. The number of hydrogen-bond donors (Lipinski definition) is 1. The zero-order valence-corrected chi connectivity index (χ0v) is 16.5. The van der Waals surface area contributed by atoms with Gasteiger partial charge in [0.1, 0.15) is 5.65 Å². The van der Waals surface area contributed by atoms with Crippen LogP contribution in [0.4, 0.5) is 11.6 Å². The number of aryl methyl sites for hydroxylation is 1. The molecule has 9 nitrogen and oxygen atoms in total. The van der Waals surface area contributed by atoms with Crippen LogP contribution in [0.3, 0.4) is 0 Å². The Hall–Kier alpha value is -3.72. The number of aromatic nitrogens is 5. The third-order valence-corrected chi connectivity index (χ3v) is 5.08. The van der Waals surface area contributed by atoms with E-state index >= 15 is 0 Å². The van der Waals surface area contributed by atoms with E-state index in [-0.39, 0.29) is 5.91 Å². The molecule has 1 saturated heterocycles. The lowest BCUT2D eigenvalue weighted by atomic mass is 10.1. The summed E-state index contributed by atoms with van der Waals surface area (Å²) in [6.07, 6.45) is 7.31. The van der Waals surface area contributed by atoms with E-state index in [4.69, 9.17) is 4.74 Å². The fraction of sp³-hybridized carbons (Fsp3) is 0.238. The van der Waals surface area contributed by atoms with Crippen LogP contribution in [0, 0.1) is 0 Å². The summed E-state index contributed by atoms with van der Waals surface area (Å²) in [6.45, 7) is 2.45. The lowest BCUT2D eigenvalue weighted by Crippen LogP contribution is -2.40. The van der Waals surface area contributed by atoms with Gasteiger partial charge >= 0.3 is 0 Å². The molecule has 1 aromatic carbocycles. The van der Waals surface area contributed by atoms with E-state index in [1.165, 1.54) is 0 Å². The molecule has 0 aliphatic carbocycles. The van der Waals surface area contributed by atoms with Gasteiger partial charge in [-0.1, -0.05) is 0 Å². The quantitative estimate of drug-likeness (QED) is 0.563. The minimum absolute atomic E-state index is 0.0347. The monoisotopic (exact) mass is 403 g/mol. The molecule has 4 heterocycles. The van der Waals surface area contributed by atoms with Crippen molar-refractivity contribution in [3.8, 4) is 5.69 Å². The van der Waals surface area contributed by atoms with Crippen molar-refractivity contribution in [2.24, 2.45) is 7.05 Å². The molecule has 0 atom stereocenters. The second kappa shape index (κ2) is 7.60. The summed E-state index contributed by atoms with van der Waals surface area (Å²) >= 11 is 0. The summed E-state index contributed by atoms with van der Waals surface area (Å²) in [5.41, 5.74) is 3.20. The minimum Gasteiger partial charge on any atom is -0.378 e. The first-order valence-electron chi connectivity index (χ1n) is 9.74. The smallest absolute Gasteiger partial charge is 0.254 e. The predicted octanol–water partition coefficient (Wildman–Crippen LogP) is 2.37. The number of carbonyl (C=O) groups is 1. The first-order chi connectivity index (χ1) is 14.7. The Bertz CT molecular complexity index is 1190. The van der Waals surface area contributed by atoms with E-state index in [1.807, 2.05) is 59.2 Å². The molecule has 3 aromatic heterocycles. The van der Waals surface area contributed by atoms with Crippen molar-refractivity contribution in [3.63, 3.8) is 0 Å². The number of fused-ring (bicyclic) bond motifs is 1. The van der Waals surface area contributed by atoms with Gasteiger partial charge in [0.2, 0.25) is 5.95 Å². The lowest BCUT2D eigenvalue weighted by Gasteiger charge is -2.26. The summed E-state index contributed by atoms with van der Waals surface area (Å²) in [5.74, 6) is 0.530. The van der Waals surface area contributed by atoms with Gasteiger partial charge in [0.05, 0.1) is 25.1 Å². The topological polar surface area (TPSA) is 90.1 Å². The highest BCUT2D eigenvalue weighted by Crippen LogP contribution is 2.21. The van der Waals surface area contributed by atoms with Crippen LogP contribution in [0.25, 0.3) is 16.7 Å². The van der Waals surface area contributed by atoms with Crippen LogP contribution in [0.15, 0.2) is 55.1 Å². The molecule has 1 N–H and O–H groups in total. The molecule has 0 unspecified atom stereocenters. The second-order valence-corrected chi connectivity index (χ2v) is 7.14. The molecule has 5 rings (SSSR count). The van der Waals surface area contributed by atoms with E-state index in [0.29, 0.717) is 37.8 Å². The second-order valence-electron chi connectivity index (χ2n) is 7.14. The Balaban J connectivity index is 1.41. The summed E-state index contributed by atoms with van der Waals surface area (Å²) in [5, 5.41) is 8.24. The van der Waals surface area contributed by atoms with Gasteiger partial charge in [0, 0.05) is 55.4 Å². The number of amides is 1. The van der Waals surface area contributed by atoms with Crippen molar-refractivity contribution in [1.82, 2.24) is 29.2 Å². The summed E-state index contributed by atoms with van der Waals surface area (Å²) in [4.78, 5) is 23.5. The Morgan fingerprint density at radius 3 is 2.63 bits per heavy atom. The Labute approximate surface area is 172 Å². The van der Waals surface area contributed by atoms with Gasteiger partial charge in [-0.25, -0.2) is 4.98 Å². The number of anilines is 2.